The second kappa shape index (κ2) is 7.01. The Kier molecular flexibility index (Phi) is 5.63. The van der Waals surface area contributed by atoms with Crippen LogP contribution in [-0.2, 0) is 11.2 Å². The number of carboxylic acids is 1. The highest BCUT2D eigenvalue weighted by atomic mass is 16.4. The monoisotopic (exact) mass is 236 g/mol. The molecule has 0 aliphatic rings. The quantitative estimate of drug-likeness (QED) is 0.784. The number of nitrogens with zero attached hydrogens (tertiary/aromatic N) is 2. The highest BCUT2D eigenvalue weighted by Gasteiger charge is 2.20. The lowest BCUT2D eigenvalue weighted by Gasteiger charge is -2.24. The van der Waals surface area contributed by atoms with Crippen LogP contribution in [0.15, 0.2) is 24.5 Å². The maximum Gasteiger partial charge on any atom is 0.320 e. The first-order chi connectivity index (χ1) is 8.15. The lowest BCUT2D eigenvalue weighted by molar-refractivity contribution is -0.143. The van der Waals surface area contributed by atoms with Gasteiger partial charge in [0.2, 0.25) is 0 Å². The summed E-state index contributed by atoms with van der Waals surface area (Å²) in [5.41, 5.74) is 1.19. The van der Waals surface area contributed by atoms with Crippen molar-refractivity contribution in [2.24, 2.45) is 0 Å². The second-order valence-electron chi connectivity index (χ2n) is 4.23. The van der Waals surface area contributed by atoms with E-state index in [0.29, 0.717) is 6.42 Å². The molecule has 0 saturated carbocycles. The fourth-order valence-electron chi connectivity index (χ4n) is 1.82. The minimum absolute atomic E-state index is 0.373. The van der Waals surface area contributed by atoms with E-state index in [1.807, 2.05) is 31.0 Å². The number of pyridine rings is 1. The predicted molar refractivity (Wildman–Crippen MR) is 66.9 cm³/mol. The van der Waals surface area contributed by atoms with E-state index in [2.05, 4.69) is 4.98 Å². The molecule has 1 N–H and O–H groups in total. The fraction of sp³-hybridized carbons (Fsp3) is 0.538. The number of aromatic nitrogens is 1. The lowest BCUT2D eigenvalue weighted by atomic mass is 10.1. The van der Waals surface area contributed by atoms with Gasteiger partial charge in [0.25, 0.3) is 0 Å². The molecule has 0 aliphatic carbocycles. The summed E-state index contributed by atoms with van der Waals surface area (Å²) < 4.78 is 0. The first kappa shape index (κ1) is 13.6. The molecule has 4 heteroatoms. The summed E-state index contributed by atoms with van der Waals surface area (Å²) in [5.74, 6) is -0.732. The number of aliphatic carboxylic acids is 1. The van der Waals surface area contributed by atoms with Crippen LogP contribution in [0, 0.1) is 0 Å². The molecule has 1 aromatic rings. The van der Waals surface area contributed by atoms with Gasteiger partial charge in [0.15, 0.2) is 0 Å². The van der Waals surface area contributed by atoms with Crippen molar-refractivity contribution in [1.82, 2.24) is 9.88 Å². The summed E-state index contributed by atoms with van der Waals surface area (Å²) in [6.07, 6.45) is 5.96. The number of carboxylic acid groups (broad SMARTS) is 1. The third-order valence-electron chi connectivity index (χ3n) is 2.88. The van der Waals surface area contributed by atoms with Gasteiger partial charge in [0.05, 0.1) is 0 Å². The zero-order valence-electron chi connectivity index (χ0n) is 10.5. The highest BCUT2D eigenvalue weighted by molar-refractivity contribution is 5.73. The number of hydrogen-bond donors (Lipinski definition) is 1. The average molecular weight is 236 g/mol. The van der Waals surface area contributed by atoms with E-state index < -0.39 is 5.97 Å². The minimum Gasteiger partial charge on any atom is -0.480 e. The number of carbonyl (C=O) groups is 1. The zero-order valence-corrected chi connectivity index (χ0v) is 10.5. The Morgan fingerprint density at radius 3 is 2.65 bits per heavy atom. The summed E-state index contributed by atoms with van der Waals surface area (Å²) in [6, 6.07) is 3.55. The van der Waals surface area contributed by atoms with E-state index in [1.165, 1.54) is 5.56 Å². The Hall–Kier alpha value is -1.42. The summed E-state index contributed by atoms with van der Waals surface area (Å²) in [5, 5.41) is 9.12. The van der Waals surface area contributed by atoms with Gasteiger partial charge in [-0.05, 0) is 37.6 Å². The van der Waals surface area contributed by atoms with Crippen molar-refractivity contribution in [3.05, 3.63) is 30.1 Å². The van der Waals surface area contributed by atoms with Crippen LogP contribution < -0.4 is 0 Å². The van der Waals surface area contributed by atoms with Crippen molar-refractivity contribution < 1.29 is 9.90 Å². The Morgan fingerprint density at radius 1 is 1.47 bits per heavy atom. The van der Waals surface area contributed by atoms with Crippen LogP contribution in [-0.4, -0.2) is 40.6 Å². The van der Waals surface area contributed by atoms with Crippen molar-refractivity contribution in [3.8, 4) is 0 Å². The third-order valence-corrected chi connectivity index (χ3v) is 2.88. The molecule has 1 atom stereocenters. The molecule has 0 amide bonds. The summed E-state index contributed by atoms with van der Waals surface area (Å²) in [4.78, 5) is 17.0. The first-order valence-corrected chi connectivity index (χ1v) is 5.97. The molecule has 0 aliphatic heterocycles. The van der Waals surface area contributed by atoms with Crippen LogP contribution in [0.2, 0.25) is 0 Å². The van der Waals surface area contributed by atoms with Gasteiger partial charge in [-0.25, -0.2) is 0 Å². The maximum absolute atomic E-state index is 11.1. The van der Waals surface area contributed by atoms with Gasteiger partial charge >= 0.3 is 5.97 Å². The molecule has 0 saturated heterocycles. The van der Waals surface area contributed by atoms with Crippen molar-refractivity contribution in [2.45, 2.75) is 32.2 Å². The molecule has 1 rings (SSSR count). The maximum atomic E-state index is 11.1. The van der Waals surface area contributed by atoms with E-state index in [-0.39, 0.29) is 6.04 Å². The molecular formula is C13H20N2O2. The minimum atomic E-state index is -0.732. The molecule has 17 heavy (non-hydrogen) atoms. The van der Waals surface area contributed by atoms with E-state index in [0.717, 1.165) is 19.4 Å². The molecule has 0 aromatic carbocycles. The summed E-state index contributed by atoms with van der Waals surface area (Å²) >= 11 is 0. The Morgan fingerprint density at radius 2 is 2.12 bits per heavy atom. The molecule has 0 spiro atoms. The van der Waals surface area contributed by atoms with Crippen molar-refractivity contribution in [3.63, 3.8) is 0 Å². The molecular weight excluding hydrogens is 216 g/mol. The van der Waals surface area contributed by atoms with E-state index in [9.17, 15) is 4.79 Å². The largest absolute Gasteiger partial charge is 0.480 e. The normalized spacial score (nSPS) is 12.6. The Balaban J connectivity index is 2.47. The van der Waals surface area contributed by atoms with Crippen LogP contribution in [0.25, 0.3) is 0 Å². The SMILES string of the molecule is CCCC(C(=O)O)N(C)CCc1ccncc1. The third kappa shape index (κ3) is 4.53. The van der Waals surface area contributed by atoms with Gasteiger partial charge in [-0.1, -0.05) is 13.3 Å². The van der Waals surface area contributed by atoms with Gasteiger partial charge in [-0.3, -0.25) is 14.7 Å². The summed E-state index contributed by atoms with van der Waals surface area (Å²) in [6.45, 7) is 2.76. The van der Waals surface area contributed by atoms with Gasteiger partial charge in [0, 0.05) is 18.9 Å². The Labute approximate surface area is 102 Å². The van der Waals surface area contributed by atoms with Crippen LogP contribution in [0.5, 0.6) is 0 Å². The topological polar surface area (TPSA) is 53.4 Å². The van der Waals surface area contributed by atoms with Crippen molar-refractivity contribution >= 4 is 5.97 Å². The highest BCUT2D eigenvalue weighted by Crippen LogP contribution is 2.07. The Bertz CT molecular complexity index is 341. The van der Waals surface area contributed by atoms with Gasteiger partial charge in [-0.15, -0.1) is 0 Å². The van der Waals surface area contributed by atoms with Crippen LogP contribution in [0.4, 0.5) is 0 Å². The van der Waals surface area contributed by atoms with Gasteiger partial charge < -0.3 is 5.11 Å². The van der Waals surface area contributed by atoms with Gasteiger partial charge in [-0.2, -0.15) is 0 Å². The van der Waals surface area contributed by atoms with E-state index in [1.54, 1.807) is 12.4 Å². The standard InChI is InChI=1S/C13H20N2O2/c1-3-4-12(13(16)17)15(2)10-7-11-5-8-14-9-6-11/h5-6,8-9,12H,3-4,7,10H2,1-2H3,(H,16,17). The molecule has 4 nitrogen and oxygen atoms in total. The van der Waals surface area contributed by atoms with Crippen LogP contribution >= 0.6 is 0 Å². The van der Waals surface area contributed by atoms with Crippen LogP contribution in [0.3, 0.4) is 0 Å². The van der Waals surface area contributed by atoms with E-state index >= 15 is 0 Å². The lowest BCUT2D eigenvalue weighted by Crippen LogP contribution is -2.39. The smallest absolute Gasteiger partial charge is 0.320 e. The average Bonchev–Trinajstić information content (AvgIpc) is 2.34. The molecule has 0 fully saturated rings. The summed E-state index contributed by atoms with van der Waals surface area (Å²) in [7, 11) is 1.87. The first-order valence-electron chi connectivity index (χ1n) is 5.97. The number of rotatable bonds is 7. The van der Waals surface area contributed by atoms with Crippen LogP contribution in [0.1, 0.15) is 25.3 Å². The number of likely N-dealkylation sites (N-methyl/N-ethyl adjacent to an activating group) is 1. The molecule has 1 unspecified atom stereocenters. The second-order valence-corrected chi connectivity index (χ2v) is 4.23. The molecule has 0 bridgehead atoms. The van der Waals surface area contributed by atoms with Gasteiger partial charge in [0.1, 0.15) is 6.04 Å². The molecule has 0 radical (unpaired) electrons. The fourth-order valence-corrected chi connectivity index (χ4v) is 1.82. The predicted octanol–water partition coefficient (Wildman–Crippen LogP) is 1.81. The zero-order chi connectivity index (χ0) is 12.7. The van der Waals surface area contributed by atoms with E-state index in [4.69, 9.17) is 5.11 Å². The molecule has 1 aromatic heterocycles. The van der Waals surface area contributed by atoms with Crippen molar-refractivity contribution in [1.29, 1.82) is 0 Å². The number of hydrogen-bond acceptors (Lipinski definition) is 3. The van der Waals surface area contributed by atoms with Crippen molar-refractivity contribution in [2.75, 3.05) is 13.6 Å². The molecule has 1 heterocycles. The molecule has 94 valence electrons.